The van der Waals surface area contributed by atoms with Gasteiger partial charge in [0.05, 0.1) is 11.8 Å². The normalized spacial score (nSPS) is 15.6. The van der Waals surface area contributed by atoms with Gasteiger partial charge in [-0.1, -0.05) is 6.92 Å². The van der Waals surface area contributed by atoms with Gasteiger partial charge in [-0.05, 0) is 31.5 Å². The van der Waals surface area contributed by atoms with Crippen molar-refractivity contribution in [2.24, 2.45) is 0 Å². The molecule has 0 bridgehead atoms. The Bertz CT molecular complexity index is 767. The fraction of sp³-hybridized carbons (Fsp3) is 0.474. The quantitative estimate of drug-likeness (QED) is 0.713. The zero-order valence-corrected chi connectivity index (χ0v) is 17.3. The molecule has 1 unspecified atom stereocenters. The largest absolute Gasteiger partial charge is 0.441 e. The van der Waals surface area contributed by atoms with Crippen molar-refractivity contribution < 1.29 is 18.0 Å². The van der Waals surface area contributed by atoms with E-state index in [0.29, 0.717) is 18.7 Å². The predicted molar refractivity (Wildman–Crippen MR) is 108 cm³/mol. The Morgan fingerprint density at radius 1 is 1.36 bits per heavy atom. The highest BCUT2D eigenvalue weighted by molar-refractivity contribution is 5.85. The number of amides is 1. The Balaban J connectivity index is 0.00000196. The van der Waals surface area contributed by atoms with Gasteiger partial charge in [-0.15, -0.1) is 24.8 Å². The van der Waals surface area contributed by atoms with Gasteiger partial charge in [-0.3, -0.25) is 4.79 Å². The first kappa shape index (κ1) is 24.3. The van der Waals surface area contributed by atoms with E-state index in [4.69, 9.17) is 4.42 Å². The molecule has 1 atom stereocenters. The standard InChI is InChI=1S/C19H23F2N3O2.2ClH/c1-2-9-24(14-7-8-22-11-14)19(25)6-5-18-23-12-17(26-18)15-4-3-13(20)10-16(15)21;;/h3-4,10,12,14,22H,2,5-9,11H2,1H3;2*1H. The molecule has 3 rings (SSSR count). The van der Waals surface area contributed by atoms with Crippen molar-refractivity contribution in [2.75, 3.05) is 19.6 Å². The van der Waals surface area contributed by atoms with Gasteiger partial charge in [-0.25, -0.2) is 13.8 Å². The van der Waals surface area contributed by atoms with Gasteiger partial charge >= 0.3 is 0 Å². The van der Waals surface area contributed by atoms with Crippen molar-refractivity contribution in [3.05, 3.63) is 41.9 Å². The molecule has 1 aliphatic rings. The van der Waals surface area contributed by atoms with E-state index in [1.165, 1.54) is 18.3 Å². The molecule has 0 aliphatic carbocycles. The van der Waals surface area contributed by atoms with E-state index in [9.17, 15) is 13.6 Å². The Morgan fingerprint density at radius 3 is 2.79 bits per heavy atom. The monoisotopic (exact) mass is 435 g/mol. The van der Waals surface area contributed by atoms with E-state index in [1.54, 1.807) is 0 Å². The summed E-state index contributed by atoms with van der Waals surface area (Å²) in [6.07, 6.45) is 3.93. The Kier molecular flexibility index (Phi) is 9.85. The summed E-state index contributed by atoms with van der Waals surface area (Å²) in [4.78, 5) is 18.6. The molecule has 28 heavy (non-hydrogen) atoms. The highest BCUT2D eigenvalue weighted by atomic mass is 35.5. The van der Waals surface area contributed by atoms with Crippen LogP contribution in [0.2, 0.25) is 0 Å². The van der Waals surface area contributed by atoms with Crippen molar-refractivity contribution in [1.82, 2.24) is 15.2 Å². The summed E-state index contributed by atoms with van der Waals surface area (Å²) in [5.74, 6) is -0.665. The van der Waals surface area contributed by atoms with Crippen molar-refractivity contribution in [3.8, 4) is 11.3 Å². The van der Waals surface area contributed by atoms with E-state index >= 15 is 0 Å². The third-order valence-corrected chi connectivity index (χ3v) is 4.56. The molecule has 0 spiro atoms. The predicted octanol–water partition coefficient (Wildman–Crippen LogP) is 4.00. The van der Waals surface area contributed by atoms with E-state index in [-0.39, 0.29) is 48.1 Å². The van der Waals surface area contributed by atoms with Gasteiger partial charge in [0.1, 0.15) is 11.6 Å². The van der Waals surface area contributed by atoms with Gasteiger partial charge in [0, 0.05) is 38.0 Å². The van der Waals surface area contributed by atoms with Crippen LogP contribution in [0.15, 0.2) is 28.8 Å². The zero-order valence-electron chi connectivity index (χ0n) is 15.6. The van der Waals surface area contributed by atoms with Crippen molar-refractivity contribution in [3.63, 3.8) is 0 Å². The van der Waals surface area contributed by atoms with Gasteiger partial charge in [0.15, 0.2) is 11.7 Å². The molecule has 1 aliphatic heterocycles. The summed E-state index contributed by atoms with van der Waals surface area (Å²) in [6, 6.07) is 3.54. The van der Waals surface area contributed by atoms with E-state index < -0.39 is 11.6 Å². The molecule has 1 aromatic carbocycles. The third kappa shape index (κ3) is 5.90. The average molecular weight is 436 g/mol. The third-order valence-electron chi connectivity index (χ3n) is 4.56. The van der Waals surface area contributed by atoms with Crippen molar-refractivity contribution >= 4 is 30.7 Å². The first-order chi connectivity index (χ1) is 12.6. The number of nitrogens with one attached hydrogen (secondary N) is 1. The van der Waals surface area contributed by atoms with E-state index in [2.05, 4.69) is 17.2 Å². The minimum absolute atomic E-state index is 0. The maximum absolute atomic E-state index is 13.8. The topological polar surface area (TPSA) is 58.4 Å². The molecule has 9 heteroatoms. The SMILES string of the molecule is CCCN(C(=O)CCc1ncc(-c2ccc(F)cc2F)o1)C1CCNC1.Cl.Cl. The van der Waals surface area contributed by atoms with Crippen LogP contribution in [0.5, 0.6) is 0 Å². The second-order valence-corrected chi connectivity index (χ2v) is 6.48. The molecule has 1 aromatic heterocycles. The molecule has 5 nitrogen and oxygen atoms in total. The lowest BCUT2D eigenvalue weighted by Crippen LogP contribution is -2.42. The van der Waals surface area contributed by atoms with Crippen LogP contribution in [0.4, 0.5) is 8.78 Å². The second-order valence-electron chi connectivity index (χ2n) is 6.48. The molecule has 1 N–H and O–H groups in total. The molecule has 1 fully saturated rings. The number of hydrogen-bond donors (Lipinski definition) is 1. The van der Waals surface area contributed by atoms with Crippen molar-refractivity contribution in [2.45, 2.75) is 38.6 Å². The van der Waals surface area contributed by atoms with Crippen molar-refractivity contribution in [1.29, 1.82) is 0 Å². The number of hydrogen-bond acceptors (Lipinski definition) is 4. The minimum Gasteiger partial charge on any atom is -0.441 e. The molecule has 2 heterocycles. The molecular formula is C19H25Cl2F2N3O2. The first-order valence-corrected chi connectivity index (χ1v) is 8.98. The van der Waals surface area contributed by atoms with Crippen LogP contribution in [0.1, 0.15) is 32.1 Å². The zero-order chi connectivity index (χ0) is 18.5. The van der Waals surface area contributed by atoms with Crippen LogP contribution >= 0.6 is 24.8 Å². The number of carbonyl (C=O) groups is 1. The molecule has 0 radical (unpaired) electrons. The number of halogens is 4. The minimum atomic E-state index is -0.702. The molecule has 156 valence electrons. The maximum atomic E-state index is 13.8. The number of aryl methyl sites for hydroxylation is 1. The fourth-order valence-electron chi connectivity index (χ4n) is 3.25. The molecule has 0 saturated carbocycles. The fourth-order valence-corrected chi connectivity index (χ4v) is 3.25. The maximum Gasteiger partial charge on any atom is 0.223 e. The summed E-state index contributed by atoms with van der Waals surface area (Å²) in [5.41, 5.74) is 0.154. The average Bonchev–Trinajstić information content (AvgIpc) is 3.29. The summed E-state index contributed by atoms with van der Waals surface area (Å²) in [5, 5.41) is 3.28. The molecule has 1 saturated heterocycles. The number of rotatable bonds is 7. The van der Waals surface area contributed by atoms with E-state index in [0.717, 1.165) is 38.5 Å². The molecule has 1 amide bonds. The lowest BCUT2D eigenvalue weighted by atomic mass is 10.1. The summed E-state index contributed by atoms with van der Waals surface area (Å²) >= 11 is 0. The Hall–Kier alpha value is -1.70. The Labute approximate surface area is 175 Å². The van der Waals surface area contributed by atoms with E-state index in [1.807, 2.05) is 4.90 Å². The van der Waals surface area contributed by atoms with Crippen LogP contribution in [0.25, 0.3) is 11.3 Å². The highest BCUT2D eigenvalue weighted by Gasteiger charge is 2.25. The number of nitrogens with zero attached hydrogens (tertiary/aromatic N) is 2. The summed E-state index contributed by atoms with van der Waals surface area (Å²) in [7, 11) is 0. The lowest BCUT2D eigenvalue weighted by molar-refractivity contribution is -0.133. The number of aromatic nitrogens is 1. The number of benzene rings is 1. The number of carbonyl (C=O) groups excluding carboxylic acids is 1. The van der Waals surface area contributed by atoms with Crippen LogP contribution in [-0.4, -0.2) is 41.5 Å². The van der Waals surface area contributed by atoms with Gasteiger partial charge in [0.2, 0.25) is 5.91 Å². The van der Waals surface area contributed by atoms with Crippen LogP contribution in [0.3, 0.4) is 0 Å². The highest BCUT2D eigenvalue weighted by Crippen LogP contribution is 2.24. The van der Waals surface area contributed by atoms with Gasteiger partial charge in [-0.2, -0.15) is 0 Å². The number of oxazole rings is 1. The molecule has 2 aromatic rings. The Morgan fingerprint density at radius 2 is 2.14 bits per heavy atom. The lowest BCUT2D eigenvalue weighted by Gasteiger charge is -2.28. The summed E-state index contributed by atoms with van der Waals surface area (Å²) < 4.78 is 32.4. The van der Waals surface area contributed by atoms with Crippen LogP contribution in [-0.2, 0) is 11.2 Å². The molecular weight excluding hydrogens is 411 g/mol. The van der Waals surface area contributed by atoms with Gasteiger partial charge < -0.3 is 14.6 Å². The first-order valence-electron chi connectivity index (χ1n) is 8.98. The summed E-state index contributed by atoms with van der Waals surface area (Å²) in [6.45, 7) is 4.56. The van der Waals surface area contributed by atoms with Gasteiger partial charge in [0.25, 0.3) is 0 Å². The van der Waals surface area contributed by atoms with Crippen LogP contribution < -0.4 is 5.32 Å². The second kappa shape index (κ2) is 11.3. The smallest absolute Gasteiger partial charge is 0.223 e. The van der Waals surface area contributed by atoms with Crippen LogP contribution in [0, 0.1) is 11.6 Å².